The molecule has 0 radical (unpaired) electrons. The van der Waals surface area contributed by atoms with Gasteiger partial charge in [-0.05, 0) is 19.1 Å². The molecule has 0 unspecified atom stereocenters. The topological polar surface area (TPSA) is 127 Å². The molecule has 0 atom stereocenters. The van der Waals surface area contributed by atoms with Crippen molar-refractivity contribution in [2.75, 3.05) is 37.7 Å². The number of amides is 3. The largest absolute Gasteiger partial charge is 0.492 e. The van der Waals surface area contributed by atoms with Gasteiger partial charge in [-0.3, -0.25) is 4.79 Å². The summed E-state index contributed by atoms with van der Waals surface area (Å²) in [5.74, 6) is -0.0361. The zero-order valence-corrected chi connectivity index (χ0v) is 15.1. The van der Waals surface area contributed by atoms with Crippen LogP contribution in [0.15, 0.2) is 28.8 Å². The number of anilines is 1. The van der Waals surface area contributed by atoms with Gasteiger partial charge in [0.15, 0.2) is 5.82 Å². The highest BCUT2D eigenvalue weighted by Crippen LogP contribution is 2.28. The number of nitrogens with zero attached hydrogens (tertiary/aromatic N) is 4. The minimum absolute atomic E-state index is 0.0585. The van der Waals surface area contributed by atoms with Gasteiger partial charge < -0.3 is 30.1 Å². The number of primary amides is 1. The lowest BCUT2D eigenvalue weighted by molar-refractivity contribution is 0.0958. The number of carbonyl (C=O) groups is 2. The predicted molar refractivity (Wildman–Crippen MR) is 96.4 cm³/mol. The third-order valence-electron chi connectivity index (χ3n) is 4.15. The van der Waals surface area contributed by atoms with Crippen molar-refractivity contribution in [3.05, 3.63) is 36.0 Å². The summed E-state index contributed by atoms with van der Waals surface area (Å²) in [5, 5.41) is 6.30. The highest BCUT2D eigenvalue weighted by atomic mass is 16.5. The number of aromatic nitrogens is 2. The second kappa shape index (κ2) is 8.39. The maximum atomic E-state index is 12.3. The third kappa shape index (κ3) is 4.46. The highest BCUT2D eigenvalue weighted by Gasteiger charge is 2.23. The summed E-state index contributed by atoms with van der Waals surface area (Å²) < 4.78 is 10.4. The zero-order valence-electron chi connectivity index (χ0n) is 15.1. The molecule has 3 rings (SSSR count). The summed E-state index contributed by atoms with van der Waals surface area (Å²) >= 11 is 0. The number of nitrogens with two attached hydrogens (primary N) is 1. The van der Waals surface area contributed by atoms with Crippen molar-refractivity contribution in [1.29, 1.82) is 0 Å². The van der Waals surface area contributed by atoms with Crippen LogP contribution in [0.5, 0.6) is 5.75 Å². The molecule has 1 aliphatic heterocycles. The Morgan fingerprint density at radius 3 is 2.67 bits per heavy atom. The van der Waals surface area contributed by atoms with E-state index in [1.54, 1.807) is 4.90 Å². The van der Waals surface area contributed by atoms with Crippen LogP contribution in [-0.4, -0.2) is 59.8 Å². The Kier molecular flexibility index (Phi) is 5.74. The van der Waals surface area contributed by atoms with Gasteiger partial charge in [0, 0.05) is 26.2 Å². The number of ether oxygens (including phenoxy) is 1. The summed E-state index contributed by atoms with van der Waals surface area (Å²) in [6, 6.07) is 7.66. The van der Waals surface area contributed by atoms with E-state index < -0.39 is 5.91 Å². The predicted octanol–water partition coefficient (Wildman–Crippen LogP) is 0.599. The Bertz CT molecular complexity index is 800. The molecule has 1 aromatic carbocycles. The average Bonchev–Trinajstić information content (AvgIpc) is 3.16. The molecular weight excluding hydrogens is 352 g/mol. The number of nitrogens with one attached hydrogen (secondary N) is 1. The van der Waals surface area contributed by atoms with Crippen molar-refractivity contribution < 1.29 is 18.8 Å². The second-order valence-corrected chi connectivity index (χ2v) is 5.91. The molecule has 0 bridgehead atoms. The van der Waals surface area contributed by atoms with E-state index in [-0.39, 0.29) is 24.3 Å². The second-order valence-electron chi connectivity index (χ2n) is 5.91. The molecule has 0 spiro atoms. The lowest BCUT2D eigenvalue weighted by Crippen LogP contribution is -2.51. The van der Waals surface area contributed by atoms with Crippen molar-refractivity contribution in [3.63, 3.8) is 0 Å². The Morgan fingerprint density at radius 1 is 1.26 bits per heavy atom. The number of urea groups is 1. The van der Waals surface area contributed by atoms with Gasteiger partial charge in [-0.2, -0.15) is 4.98 Å². The normalized spacial score (nSPS) is 14.1. The molecule has 2 heterocycles. The van der Waals surface area contributed by atoms with Gasteiger partial charge in [0.05, 0.1) is 18.8 Å². The van der Waals surface area contributed by atoms with Gasteiger partial charge in [-0.15, -0.1) is 0 Å². The van der Waals surface area contributed by atoms with Crippen molar-refractivity contribution >= 4 is 17.6 Å². The van der Waals surface area contributed by atoms with Crippen molar-refractivity contribution in [1.82, 2.24) is 20.4 Å². The van der Waals surface area contributed by atoms with Crippen LogP contribution in [0.1, 0.15) is 23.4 Å². The molecule has 10 heteroatoms. The van der Waals surface area contributed by atoms with E-state index in [1.807, 2.05) is 31.2 Å². The molecule has 1 saturated heterocycles. The third-order valence-corrected chi connectivity index (χ3v) is 4.15. The number of piperazine rings is 1. The van der Waals surface area contributed by atoms with Crippen LogP contribution < -0.4 is 20.7 Å². The fraction of sp³-hybridized carbons (Fsp3) is 0.412. The number of para-hydroxylation sites is 2. The van der Waals surface area contributed by atoms with E-state index in [4.69, 9.17) is 10.5 Å². The van der Waals surface area contributed by atoms with E-state index in [9.17, 15) is 9.59 Å². The summed E-state index contributed by atoms with van der Waals surface area (Å²) in [7, 11) is 0. The van der Waals surface area contributed by atoms with Crippen LogP contribution in [0, 0.1) is 0 Å². The first-order valence-corrected chi connectivity index (χ1v) is 8.70. The van der Waals surface area contributed by atoms with E-state index >= 15 is 0 Å². The lowest BCUT2D eigenvalue weighted by atomic mass is 10.2. The van der Waals surface area contributed by atoms with Crippen molar-refractivity contribution in [2.24, 2.45) is 5.73 Å². The summed E-state index contributed by atoms with van der Waals surface area (Å²) in [5.41, 5.74) is 6.08. The zero-order chi connectivity index (χ0) is 19.2. The van der Waals surface area contributed by atoms with Gasteiger partial charge in [0.1, 0.15) is 5.75 Å². The first-order valence-electron chi connectivity index (χ1n) is 8.70. The molecule has 10 nitrogen and oxygen atoms in total. The molecule has 3 amide bonds. The van der Waals surface area contributed by atoms with E-state index in [2.05, 4.69) is 24.9 Å². The van der Waals surface area contributed by atoms with Crippen molar-refractivity contribution in [2.45, 2.75) is 13.5 Å². The number of rotatable bonds is 6. The lowest BCUT2D eigenvalue weighted by Gasteiger charge is -2.36. The van der Waals surface area contributed by atoms with Crippen LogP contribution in [0.2, 0.25) is 0 Å². The van der Waals surface area contributed by atoms with Crippen LogP contribution >= 0.6 is 0 Å². The fourth-order valence-corrected chi connectivity index (χ4v) is 2.84. The molecule has 144 valence electrons. The molecule has 3 N–H and O–H groups in total. The fourth-order valence-electron chi connectivity index (χ4n) is 2.84. The molecule has 0 saturated carbocycles. The van der Waals surface area contributed by atoms with Gasteiger partial charge in [-0.25, -0.2) is 4.79 Å². The minimum Gasteiger partial charge on any atom is -0.492 e. The van der Waals surface area contributed by atoms with E-state index in [0.717, 1.165) is 11.4 Å². The molecule has 1 aromatic heterocycles. The van der Waals surface area contributed by atoms with E-state index in [1.165, 1.54) is 0 Å². The SMILES string of the molecule is CCOc1ccccc1N1CCN(C(=O)NCc2noc(C(N)=O)n2)CC1. The van der Waals surface area contributed by atoms with E-state index in [0.29, 0.717) is 32.8 Å². The van der Waals surface area contributed by atoms with Gasteiger partial charge in [0.2, 0.25) is 0 Å². The maximum Gasteiger partial charge on any atom is 0.317 e. The Morgan fingerprint density at radius 2 is 2.00 bits per heavy atom. The number of hydrogen-bond acceptors (Lipinski definition) is 7. The first kappa shape index (κ1) is 18.5. The minimum atomic E-state index is -0.802. The number of benzene rings is 1. The van der Waals surface area contributed by atoms with Crippen molar-refractivity contribution in [3.8, 4) is 5.75 Å². The summed E-state index contributed by atoms with van der Waals surface area (Å²) in [6.07, 6.45) is 0. The van der Waals surface area contributed by atoms with Crippen LogP contribution in [0.25, 0.3) is 0 Å². The van der Waals surface area contributed by atoms with Crippen LogP contribution in [0.4, 0.5) is 10.5 Å². The highest BCUT2D eigenvalue weighted by molar-refractivity contribution is 5.87. The molecule has 0 aliphatic carbocycles. The van der Waals surface area contributed by atoms with Gasteiger partial charge in [0.25, 0.3) is 0 Å². The Balaban J connectivity index is 1.51. The van der Waals surface area contributed by atoms with Crippen LogP contribution in [-0.2, 0) is 6.54 Å². The molecule has 1 fully saturated rings. The molecule has 2 aromatic rings. The Labute approximate surface area is 156 Å². The quantitative estimate of drug-likeness (QED) is 0.758. The van der Waals surface area contributed by atoms with Gasteiger partial charge >= 0.3 is 17.8 Å². The average molecular weight is 374 g/mol. The maximum absolute atomic E-state index is 12.3. The number of hydrogen-bond donors (Lipinski definition) is 2. The number of carbonyl (C=O) groups excluding carboxylic acids is 2. The van der Waals surface area contributed by atoms with Gasteiger partial charge in [-0.1, -0.05) is 17.3 Å². The first-order chi connectivity index (χ1) is 13.1. The Hall–Kier alpha value is -3.30. The molecule has 1 aliphatic rings. The summed E-state index contributed by atoms with van der Waals surface area (Å²) in [4.78, 5) is 31.0. The summed E-state index contributed by atoms with van der Waals surface area (Å²) in [6.45, 7) is 5.17. The molecular formula is C17H22N6O4. The van der Waals surface area contributed by atoms with Crippen LogP contribution in [0.3, 0.4) is 0 Å². The standard InChI is InChI=1S/C17H22N6O4/c1-2-26-13-6-4-3-5-12(13)22-7-9-23(10-8-22)17(25)19-11-14-20-16(15(18)24)27-21-14/h3-6H,2,7-11H2,1H3,(H2,18,24)(H,19,25). The molecule has 27 heavy (non-hydrogen) atoms. The smallest absolute Gasteiger partial charge is 0.317 e. The monoisotopic (exact) mass is 374 g/mol.